The molecule has 1 aromatic heterocycles. The second-order valence-electron chi connectivity index (χ2n) is 3.65. The molecule has 98 valence electrons. The number of pyridine rings is 1. The zero-order chi connectivity index (χ0) is 14.0. The summed E-state index contributed by atoms with van der Waals surface area (Å²) in [5.74, 6) is -0.513. The monoisotopic (exact) mass is 315 g/mol. The van der Waals surface area contributed by atoms with Gasteiger partial charge < -0.3 is 11.1 Å². The predicted molar refractivity (Wildman–Crippen MR) is 79.8 cm³/mol. The van der Waals surface area contributed by atoms with Crippen molar-refractivity contribution in [2.24, 2.45) is 5.73 Å². The lowest BCUT2D eigenvalue weighted by Crippen LogP contribution is -2.12. The zero-order valence-electron chi connectivity index (χ0n) is 9.45. The minimum absolute atomic E-state index is 0.155. The van der Waals surface area contributed by atoms with E-state index in [1.54, 1.807) is 12.3 Å². The first-order valence-corrected chi connectivity index (χ1v) is 6.31. The molecular weight excluding hydrogens is 308 g/mol. The molecule has 0 aliphatic carbocycles. The number of hydrogen-bond acceptors (Lipinski definition) is 3. The van der Waals surface area contributed by atoms with Crippen LogP contribution in [0.1, 0.15) is 5.56 Å². The van der Waals surface area contributed by atoms with Gasteiger partial charge in [0.05, 0.1) is 27.6 Å². The Morgan fingerprint density at radius 3 is 2.53 bits per heavy atom. The smallest absolute Gasteiger partial charge is 0.126 e. The number of aromatic nitrogens is 1. The molecule has 0 atom stereocenters. The highest BCUT2D eigenvalue weighted by Gasteiger charge is 2.11. The second-order valence-corrected chi connectivity index (χ2v) is 4.91. The third-order valence-electron chi connectivity index (χ3n) is 2.35. The SMILES string of the molecule is NC(=S)c1ccncc1Nc1c(Cl)cc(F)cc1Cl. The van der Waals surface area contributed by atoms with E-state index < -0.39 is 5.82 Å². The van der Waals surface area contributed by atoms with E-state index >= 15 is 0 Å². The van der Waals surface area contributed by atoms with Crippen molar-refractivity contribution in [3.8, 4) is 0 Å². The molecule has 0 spiro atoms. The molecule has 0 bridgehead atoms. The number of rotatable bonds is 3. The van der Waals surface area contributed by atoms with Crippen LogP contribution < -0.4 is 11.1 Å². The Bertz CT molecular complexity index is 626. The fourth-order valence-electron chi connectivity index (χ4n) is 1.51. The van der Waals surface area contributed by atoms with Gasteiger partial charge in [-0.3, -0.25) is 4.98 Å². The Hall–Kier alpha value is -1.43. The summed E-state index contributed by atoms with van der Waals surface area (Å²) in [6.45, 7) is 0. The maximum Gasteiger partial charge on any atom is 0.126 e. The van der Waals surface area contributed by atoms with Crippen molar-refractivity contribution in [2.75, 3.05) is 5.32 Å². The maximum atomic E-state index is 13.1. The van der Waals surface area contributed by atoms with Gasteiger partial charge in [0.15, 0.2) is 0 Å². The number of nitrogens with zero attached hydrogens (tertiary/aromatic N) is 1. The lowest BCUT2D eigenvalue weighted by atomic mass is 10.2. The van der Waals surface area contributed by atoms with Gasteiger partial charge in [-0.1, -0.05) is 35.4 Å². The van der Waals surface area contributed by atoms with E-state index in [1.807, 2.05) is 0 Å². The quantitative estimate of drug-likeness (QED) is 0.843. The lowest BCUT2D eigenvalue weighted by Gasteiger charge is -2.13. The summed E-state index contributed by atoms with van der Waals surface area (Å²) in [5.41, 5.74) is 7.12. The van der Waals surface area contributed by atoms with Gasteiger partial charge in [-0.25, -0.2) is 4.39 Å². The molecule has 0 saturated carbocycles. The molecule has 0 amide bonds. The molecule has 1 heterocycles. The maximum absolute atomic E-state index is 13.1. The van der Waals surface area contributed by atoms with Gasteiger partial charge in [0.25, 0.3) is 0 Å². The average molecular weight is 316 g/mol. The first-order valence-electron chi connectivity index (χ1n) is 5.14. The summed E-state index contributed by atoms with van der Waals surface area (Å²) >= 11 is 16.8. The van der Waals surface area contributed by atoms with E-state index in [2.05, 4.69) is 10.3 Å². The Balaban J connectivity index is 2.45. The van der Waals surface area contributed by atoms with Gasteiger partial charge in [-0.2, -0.15) is 0 Å². The fraction of sp³-hybridized carbons (Fsp3) is 0. The summed E-state index contributed by atoms with van der Waals surface area (Å²) < 4.78 is 13.1. The van der Waals surface area contributed by atoms with Crippen molar-refractivity contribution in [2.45, 2.75) is 0 Å². The molecule has 0 fully saturated rings. The normalized spacial score (nSPS) is 10.3. The molecule has 0 aliphatic heterocycles. The van der Waals surface area contributed by atoms with E-state index in [1.165, 1.54) is 6.20 Å². The molecule has 3 N–H and O–H groups in total. The van der Waals surface area contributed by atoms with E-state index in [0.717, 1.165) is 12.1 Å². The third kappa shape index (κ3) is 3.12. The average Bonchev–Trinajstić information content (AvgIpc) is 2.34. The number of nitrogens with one attached hydrogen (secondary N) is 1. The van der Waals surface area contributed by atoms with Crippen LogP contribution >= 0.6 is 35.4 Å². The Kier molecular flexibility index (Phi) is 4.19. The van der Waals surface area contributed by atoms with Crippen LogP contribution in [0.2, 0.25) is 10.0 Å². The van der Waals surface area contributed by atoms with Crippen LogP contribution in [0.4, 0.5) is 15.8 Å². The fourth-order valence-corrected chi connectivity index (χ4v) is 2.24. The van der Waals surface area contributed by atoms with Crippen LogP contribution in [-0.4, -0.2) is 9.97 Å². The van der Waals surface area contributed by atoms with E-state index in [4.69, 9.17) is 41.2 Å². The molecule has 0 aliphatic rings. The summed E-state index contributed by atoms with van der Waals surface area (Å²) in [6.07, 6.45) is 3.10. The largest absolute Gasteiger partial charge is 0.389 e. The molecule has 2 rings (SSSR count). The first kappa shape index (κ1) is 14.0. The number of thiocarbonyl (C=S) groups is 1. The highest BCUT2D eigenvalue weighted by molar-refractivity contribution is 7.80. The third-order valence-corrected chi connectivity index (χ3v) is 3.17. The molecule has 0 saturated heterocycles. The molecular formula is C12H8Cl2FN3S. The van der Waals surface area contributed by atoms with Crippen molar-refractivity contribution >= 4 is 51.8 Å². The van der Waals surface area contributed by atoms with Gasteiger partial charge in [0, 0.05) is 11.8 Å². The van der Waals surface area contributed by atoms with E-state index in [0.29, 0.717) is 16.9 Å². The Morgan fingerprint density at radius 2 is 1.95 bits per heavy atom. The van der Waals surface area contributed by atoms with Crippen LogP contribution in [-0.2, 0) is 0 Å². The summed E-state index contributed by atoms with van der Waals surface area (Å²) in [7, 11) is 0. The number of halogens is 3. The summed E-state index contributed by atoms with van der Waals surface area (Å²) in [4.78, 5) is 4.17. The van der Waals surface area contributed by atoms with Gasteiger partial charge in [0.1, 0.15) is 10.8 Å². The minimum atomic E-state index is -0.513. The van der Waals surface area contributed by atoms with E-state index in [9.17, 15) is 4.39 Å². The summed E-state index contributed by atoms with van der Waals surface area (Å²) in [5, 5.41) is 3.27. The van der Waals surface area contributed by atoms with Crippen LogP contribution in [0, 0.1) is 5.82 Å². The topological polar surface area (TPSA) is 50.9 Å². The predicted octanol–water partition coefficient (Wildman–Crippen LogP) is 3.91. The molecule has 1 aromatic carbocycles. The number of hydrogen-bond donors (Lipinski definition) is 2. The van der Waals surface area contributed by atoms with E-state index in [-0.39, 0.29) is 15.0 Å². The van der Waals surface area contributed by atoms with Crippen molar-refractivity contribution in [1.82, 2.24) is 4.98 Å². The van der Waals surface area contributed by atoms with Crippen LogP contribution in [0.3, 0.4) is 0 Å². The van der Waals surface area contributed by atoms with Crippen molar-refractivity contribution in [1.29, 1.82) is 0 Å². The highest BCUT2D eigenvalue weighted by Crippen LogP contribution is 2.34. The molecule has 7 heteroatoms. The second kappa shape index (κ2) is 5.69. The first-order chi connectivity index (χ1) is 8.99. The van der Waals surface area contributed by atoms with Crippen molar-refractivity contribution < 1.29 is 4.39 Å². The Morgan fingerprint density at radius 1 is 1.32 bits per heavy atom. The lowest BCUT2D eigenvalue weighted by molar-refractivity contribution is 0.628. The van der Waals surface area contributed by atoms with Gasteiger partial charge in [-0.05, 0) is 18.2 Å². The number of anilines is 2. The number of nitrogens with two attached hydrogens (primary N) is 1. The molecule has 19 heavy (non-hydrogen) atoms. The Labute approximate surface area is 124 Å². The van der Waals surface area contributed by atoms with Gasteiger partial charge in [-0.15, -0.1) is 0 Å². The zero-order valence-corrected chi connectivity index (χ0v) is 11.8. The highest BCUT2D eigenvalue weighted by atomic mass is 35.5. The number of benzene rings is 1. The molecule has 3 nitrogen and oxygen atoms in total. The standard InChI is InChI=1S/C12H8Cl2FN3S/c13-8-3-6(15)4-9(14)11(8)18-10-5-17-2-1-7(10)12(16)19/h1-5,18H,(H2,16,19). The summed E-state index contributed by atoms with van der Waals surface area (Å²) in [6, 6.07) is 3.98. The minimum Gasteiger partial charge on any atom is -0.389 e. The molecule has 0 unspecified atom stereocenters. The van der Waals surface area contributed by atoms with Crippen LogP contribution in [0.5, 0.6) is 0 Å². The van der Waals surface area contributed by atoms with Gasteiger partial charge >= 0.3 is 0 Å². The van der Waals surface area contributed by atoms with Crippen LogP contribution in [0.15, 0.2) is 30.6 Å². The van der Waals surface area contributed by atoms with Crippen molar-refractivity contribution in [3.63, 3.8) is 0 Å². The molecule has 0 radical (unpaired) electrons. The molecule has 2 aromatic rings. The van der Waals surface area contributed by atoms with Gasteiger partial charge in [0.2, 0.25) is 0 Å². The van der Waals surface area contributed by atoms with Crippen LogP contribution in [0.25, 0.3) is 0 Å². The van der Waals surface area contributed by atoms with Crippen molar-refractivity contribution in [3.05, 3.63) is 52.0 Å².